The number of nitrogens with one attached hydrogen (secondary N) is 2. The van der Waals surface area contributed by atoms with E-state index in [1.165, 1.54) is 13.2 Å². The summed E-state index contributed by atoms with van der Waals surface area (Å²) >= 11 is 5.96. The smallest absolute Gasteiger partial charge is 0.167 e. The SMILES string of the molecule is COc1ccc(NCc2c[nH]c3cc(Cl)ccc23)cc1F. The maximum absolute atomic E-state index is 13.6. The van der Waals surface area contributed by atoms with Gasteiger partial charge in [-0.15, -0.1) is 0 Å². The zero-order chi connectivity index (χ0) is 14.8. The predicted molar refractivity (Wildman–Crippen MR) is 83.6 cm³/mol. The van der Waals surface area contributed by atoms with Crippen molar-refractivity contribution in [3.05, 3.63) is 59.0 Å². The Balaban J connectivity index is 1.78. The van der Waals surface area contributed by atoms with Gasteiger partial charge in [-0.05, 0) is 29.8 Å². The van der Waals surface area contributed by atoms with Gasteiger partial charge < -0.3 is 15.0 Å². The molecule has 1 heterocycles. The molecule has 2 N–H and O–H groups in total. The van der Waals surface area contributed by atoms with Crippen molar-refractivity contribution >= 4 is 28.2 Å². The van der Waals surface area contributed by atoms with Crippen LogP contribution in [0.1, 0.15) is 5.56 Å². The van der Waals surface area contributed by atoms with E-state index in [0.29, 0.717) is 17.3 Å². The molecule has 1 aromatic heterocycles. The van der Waals surface area contributed by atoms with Crippen molar-refractivity contribution in [2.24, 2.45) is 0 Å². The molecule has 0 saturated carbocycles. The lowest BCUT2D eigenvalue weighted by molar-refractivity contribution is 0.386. The number of benzene rings is 2. The molecule has 0 amide bonds. The van der Waals surface area contributed by atoms with Crippen molar-refractivity contribution in [3.63, 3.8) is 0 Å². The molecule has 0 saturated heterocycles. The molecule has 0 aliphatic carbocycles. The number of aromatic nitrogens is 1. The van der Waals surface area contributed by atoms with E-state index in [9.17, 15) is 4.39 Å². The van der Waals surface area contributed by atoms with Crippen LogP contribution in [0.15, 0.2) is 42.6 Å². The number of fused-ring (bicyclic) bond motifs is 1. The van der Waals surface area contributed by atoms with E-state index in [1.807, 2.05) is 24.4 Å². The number of halogens is 2. The van der Waals surface area contributed by atoms with Gasteiger partial charge in [-0.1, -0.05) is 17.7 Å². The van der Waals surface area contributed by atoms with E-state index in [4.69, 9.17) is 16.3 Å². The maximum atomic E-state index is 13.6. The minimum atomic E-state index is -0.381. The van der Waals surface area contributed by atoms with Crippen molar-refractivity contribution < 1.29 is 9.13 Å². The molecule has 21 heavy (non-hydrogen) atoms. The standard InChI is InChI=1S/C16H14ClFN2O/c1-21-16-5-3-12(7-14(16)18)19-8-10-9-20-15-6-11(17)2-4-13(10)15/h2-7,9,19-20H,8H2,1H3. The fraction of sp³-hybridized carbons (Fsp3) is 0.125. The van der Waals surface area contributed by atoms with Crippen LogP contribution in [0.3, 0.4) is 0 Å². The van der Waals surface area contributed by atoms with Crippen LogP contribution in [0.5, 0.6) is 5.75 Å². The topological polar surface area (TPSA) is 37.0 Å². The third kappa shape index (κ3) is 2.81. The lowest BCUT2D eigenvalue weighted by Gasteiger charge is -2.08. The molecule has 2 aromatic carbocycles. The summed E-state index contributed by atoms with van der Waals surface area (Å²) in [7, 11) is 1.45. The first kappa shape index (κ1) is 13.8. The first-order valence-corrected chi connectivity index (χ1v) is 6.88. The van der Waals surface area contributed by atoms with E-state index in [2.05, 4.69) is 10.3 Å². The van der Waals surface area contributed by atoms with Gasteiger partial charge in [-0.2, -0.15) is 0 Å². The highest BCUT2D eigenvalue weighted by Crippen LogP contribution is 2.24. The van der Waals surface area contributed by atoms with Crippen LogP contribution in [0.25, 0.3) is 10.9 Å². The predicted octanol–water partition coefficient (Wildman–Crippen LogP) is 4.58. The van der Waals surface area contributed by atoms with Gasteiger partial charge in [0.2, 0.25) is 0 Å². The van der Waals surface area contributed by atoms with E-state index >= 15 is 0 Å². The number of anilines is 1. The molecule has 5 heteroatoms. The molecule has 108 valence electrons. The molecule has 3 rings (SSSR count). The molecular formula is C16H14ClFN2O. The number of aromatic amines is 1. The average Bonchev–Trinajstić information content (AvgIpc) is 2.87. The lowest BCUT2D eigenvalue weighted by Crippen LogP contribution is -1.99. The monoisotopic (exact) mass is 304 g/mol. The Bertz CT molecular complexity index is 785. The number of H-pyrrole nitrogens is 1. The molecule has 0 bridgehead atoms. The number of methoxy groups -OCH3 is 1. The van der Waals surface area contributed by atoms with Gasteiger partial charge in [0.1, 0.15) is 0 Å². The lowest BCUT2D eigenvalue weighted by atomic mass is 10.1. The summed E-state index contributed by atoms with van der Waals surface area (Å²) in [5, 5.41) is 4.99. The summed E-state index contributed by atoms with van der Waals surface area (Å²) < 4.78 is 18.5. The number of hydrogen-bond acceptors (Lipinski definition) is 2. The minimum absolute atomic E-state index is 0.238. The summed E-state index contributed by atoms with van der Waals surface area (Å²) in [5.41, 5.74) is 2.79. The Morgan fingerprint density at radius 2 is 2.10 bits per heavy atom. The molecule has 0 radical (unpaired) electrons. The minimum Gasteiger partial charge on any atom is -0.494 e. The van der Waals surface area contributed by atoms with Crippen molar-refractivity contribution in [1.82, 2.24) is 4.98 Å². The van der Waals surface area contributed by atoms with Gasteiger partial charge in [-0.25, -0.2) is 4.39 Å². The quantitative estimate of drug-likeness (QED) is 0.740. The van der Waals surface area contributed by atoms with Crippen molar-refractivity contribution in [3.8, 4) is 5.75 Å². The second-order valence-electron chi connectivity index (χ2n) is 4.71. The molecule has 0 aliphatic heterocycles. The summed E-state index contributed by atoms with van der Waals surface area (Å²) in [4.78, 5) is 3.18. The van der Waals surface area contributed by atoms with Gasteiger partial charge in [-0.3, -0.25) is 0 Å². The molecule has 3 aromatic rings. The molecule has 0 unspecified atom stereocenters. The van der Waals surface area contributed by atoms with Crippen LogP contribution in [0.4, 0.5) is 10.1 Å². The van der Waals surface area contributed by atoms with Crippen LogP contribution in [0.2, 0.25) is 5.02 Å². The molecule has 0 atom stereocenters. The van der Waals surface area contributed by atoms with Crippen LogP contribution in [-0.2, 0) is 6.54 Å². The zero-order valence-corrected chi connectivity index (χ0v) is 12.2. The molecule has 3 nitrogen and oxygen atoms in total. The highest BCUT2D eigenvalue weighted by atomic mass is 35.5. The summed E-state index contributed by atoms with van der Waals surface area (Å²) in [6.45, 7) is 0.591. The van der Waals surface area contributed by atoms with E-state index in [0.717, 1.165) is 16.5 Å². The fourth-order valence-corrected chi connectivity index (χ4v) is 2.45. The highest BCUT2D eigenvalue weighted by molar-refractivity contribution is 6.31. The van der Waals surface area contributed by atoms with Crippen LogP contribution in [-0.4, -0.2) is 12.1 Å². The van der Waals surface area contributed by atoms with Gasteiger partial charge >= 0.3 is 0 Å². The third-order valence-corrected chi connectivity index (χ3v) is 3.60. The fourth-order valence-electron chi connectivity index (χ4n) is 2.28. The Labute approximate surface area is 126 Å². The van der Waals surface area contributed by atoms with Gasteiger partial charge in [0.25, 0.3) is 0 Å². The normalized spacial score (nSPS) is 10.8. The zero-order valence-electron chi connectivity index (χ0n) is 11.4. The summed E-state index contributed by atoms with van der Waals surface area (Å²) in [6.07, 6.45) is 1.92. The average molecular weight is 305 g/mol. The van der Waals surface area contributed by atoms with Crippen LogP contribution >= 0.6 is 11.6 Å². The Morgan fingerprint density at radius 1 is 1.24 bits per heavy atom. The Morgan fingerprint density at radius 3 is 2.86 bits per heavy atom. The molecule has 0 aliphatic rings. The van der Waals surface area contributed by atoms with Crippen molar-refractivity contribution in [2.45, 2.75) is 6.54 Å². The first-order valence-electron chi connectivity index (χ1n) is 6.50. The first-order chi connectivity index (χ1) is 10.2. The molecule has 0 fully saturated rings. The van der Waals surface area contributed by atoms with E-state index in [1.54, 1.807) is 12.1 Å². The largest absolute Gasteiger partial charge is 0.494 e. The molecule has 0 spiro atoms. The Hall–Kier alpha value is -2.20. The third-order valence-electron chi connectivity index (χ3n) is 3.36. The van der Waals surface area contributed by atoms with E-state index < -0.39 is 0 Å². The van der Waals surface area contributed by atoms with Crippen molar-refractivity contribution in [1.29, 1.82) is 0 Å². The summed E-state index contributed by atoms with van der Waals surface area (Å²) in [6, 6.07) is 10.5. The number of rotatable bonds is 4. The number of hydrogen-bond donors (Lipinski definition) is 2. The van der Waals surface area contributed by atoms with Gasteiger partial charge in [0.15, 0.2) is 11.6 Å². The molecular weight excluding hydrogens is 291 g/mol. The Kier molecular flexibility index (Phi) is 3.71. The second kappa shape index (κ2) is 5.66. The van der Waals surface area contributed by atoms with Gasteiger partial charge in [0.05, 0.1) is 7.11 Å². The summed E-state index contributed by atoms with van der Waals surface area (Å²) in [5.74, 6) is -0.143. The number of ether oxygens (including phenoxy) is 1. The maximum Gasteiger partial charge on any atom is 0.167 e. The van der Waals surface area contributed by atoms with Crippen LogP contribution in [0, 0.1) is 5.82 Å². The van der Waals surface area contributed by atoms with Gasteiger partial charge in [0, 0.05) is 40.4 Å². The van der Waals surface area contributed by atoms with E-state index in [-0.39, 0.29) is 11.6 Å². The second-order valence-corrected chi connectivity index (χ2v) is 5.14. The van der Waals surface area contributed by atoms with Crippen molar-refractivity contribution in [2.75, 3.05) is 12.4 Å². The highest BCUT2D eigenvalue weighted by Gasteiger charge is 2.06. The van der Waals surface area contributed by atoms with Crippen LogP contribution < -0.4 is 10.1 Å².